The minimum Gasteiger partial charge on any atom is -0.459 e. The summed E-state index contributed by atoms with van der Waals surface area (Å²) in [6.45, 7) is 2.38. The molecule has 90 valence electrons. The van der Waals surface area contributed by atoms with Crippen LogP contribution in [0.1, 0.15) is 39.0 Å². The summed E-state index contributed by atoms with van der Waals surface area (Å²) < 4.78 is 5.21. The van der Waals surface area contributed by atoms with Crippen LogP contribution in [0.4, 0.5) is 0 Å². The van der Waals surface area contributed by atoms with Gasteiger partial charge in [-0.05, 0) is 32.6 Å². The average Bonchev–Trinajstić information content (AvgIpc) is 2.28. The van der Waals surface area contributed by atoms with Gasteiger partial charge in [-0.1, -0.05) is 6.42 Å². The highest BCUT2D eigenvalue weighted by molar-refractivity contribution is 5.94. The van der Waals surface area contributed by atoms with Crippen molar-refractivity contribution < 1.29 is 14.3 Å². The number of amides is 1. The van der Waals surface area contributed by atoms with Crippen molar-refractivity contribution in [3.63, 3.8) is 0 Å². The van der Waals surface area contributed by atoms with E-state index in [1.165, 1.54) is 18.6 Å². The minimum atomic E-state index is -0.418. The average molecular weight is 225 g/mol. The Morgan fingerprint density at radius 2 is 1.94 bits per heavy atom. The van der Waals surface area contributed by atoms with E-state index in [0.29, 0.717) is 6.54 Å². The molecule has 0 bridgehead atoms. The predicted molar refractivity (Wildman–Crippen MR) is 60.8 cm³/mol. The van der Waals surface area contributed by atoms with E-state index in [2.05, 4.69) is 5.32 Å². The molecular formula is C12H19NO3. The maximum Gasteiger partial charge on any atom is 0.331 e. The number of carbonyl (C=O) groups excluding carboxylic acids is 2. The lowest BCUT2D eigenvalue weighted by Crippen LogP contribution is -2.22. The summed E-state index contributed by atoms with van der Waals surface area (Å²) in [5, 5.41) is 2.57. The van der Waals surface area contributed by atoms with Gasteiger partial charge in [0.25, 0.3) is 0 Å². The second-order valence-corrected chi connectivity index (χ2v) is 3.92. The zero-order valence-corrected chi connectivity index (χ0v) is 9.70. The molecule has 1 rings (SSSR count). The molecule has 0 aromatic rings. The number of esters is 1. The van der Waals surface area contributed by atoms with Gasteiger partial charge in [0.05, 0.1) is 0 Å². The first-order valence-electron chi connectivity index (χ1n) is 5.89. The molecule has 1 fully saturated rings. The van der Waals surface area contributed by atoms with E-state index in [1.807, 2.05) is 6.92 Å². The third-order valence-electron chi connectivity index (χ3n) is 2.56. The lowest BCUT2D eigenvalue weighted by molar-refractivity contribution is -0.144. The molecule has 0 saturated heterocycles. The SMILES string of the molecule is CCNC(=O)C=CC(=O)OC1CCCCC1. The number of nitrogens with one attached hydrogen (secondary N) is 1. The third-order valence-corrected chi connectivity index (χ3v) is 2.56. The molecule has 1 aliphatic rings. The van der Waals surface area contributed by atoms with Crippen molar-refractivity contribution in [2.45, 2.75) is 45.1 Å². The lowest BCUT2D eigenvalue weighted by atomic mass is 9.98. The first kappa shape index (κ1) is 12.7. The van der Waals surface area contributed by atoms with E-state index in [-0.39, 0.29) is 12.0 Å². The number of carbonyl (C=O) groups is 2. The number of hydrogen-bond donors (Lipinski definition) is 1. The number of hydrogen-bond acceptors (Lipinski definition) is 3. The fourth-order valence-corrected chi connectivity index (χ4v) is 1.76. The topological polar surface area (TPSA) is 55.4 Å². The second-order valence-electron chi connectivity index (χ2n) is 3.92. The molecule has 1 amide bonds. The maximum absolute atomic E-state index is 11.3. The minimum absolute atomic E-state index is 0.0418. The van der Waals surface area contributed by atoms with Crippen LogP contribution in [-0.2, 0) is 14.3 Å². The fraction of sp³-hybridized carbons (Fsp3) is 0.667. The van der Waals surface area contributed by atoms with Crippen LogP contribution in [0, 0.1) is 0 Å². The van der Waals surface area contributed by atoms with Gasteiger partial charge in [-0.3, -0.25) is 4.79 Å². The molecule has 0 aromatic heterocycles. The summed E-state index contributed by atoms with van der Waals surface area (Å²) >= 11 is 0. The molecular weight excluding hydrogens is 206 g/mol. The normalized spacial score (nSPS) is 17.3. The second kappa shape index (κ2) is 7.04. The van der Waals surface area contributed by atoms with E-state index in [9.17, 15) is 9.59 Å². The highest BCUT2D eigenvalue weighted by atomic mass is 16.5. The van der Waals surface area contributed by atoms with Crippen molar-refractivity contribution in [2.75, 3.05) is 6.54 Å². The van der Waals surface area contributed by atoms with Crippen LogP contribution < -0.4 is 5.32 Å². The van der Waals surface area contributed by atoms with Gasteiger partial charge in [0.2, 0.25) is 5.91 Å². The Bertz CT molecular complexity index is 267. The molecule has 0 aliphatic heterocycles. The number of ether oxygens (including phenoxy) is 1. The zero-order valence-electron chi connectivity index (χ0n) is 9.70. The highest BCUT2D eigenvalue weighted by Crippen LogP contribution is 2.20. The Balaban J connectivity index is 2.26. The van der Waals surface area contributed by atoms with Gasteiger partial charge in [0, 0.05) is 18.7 Å². The van der Waals surface area contributed by atoms with Crippen LogP contribution >= 0.6 is 0 Å². The lowest BCUT2D eigenvalue weighted by Gasteiger charge is -2.20. The van der Waals surface area contributed by atoms with Crippen molar-refractivity contribution >= 4 is 11.9 Å². The molecule has 4 nitrogen and oxygen atoms in total. The maximum atomic E-state index is 11.3. The molecule has 4 heteroatoms. The van der Waals surface area contributed by atoms with Gasteiger partial charge < -0.3 is 10.1 Å². The molecule has 0 radical (unpaired) electrons. The number of likely N-dealkylation sites (N-methyl/N-ethyl adjacent to an activating group) is 1. The quantitative estimate of drug-likeness (QED) is 0.583. The largest absolute Gasteiger partial charge is 0.459 e. The Hall–Kier alpha value is -1.32. The Morgan fingerprint density at radius 1 is 1.25 bits per heavy atom. The van der Waals surface area contributed by atoms with Crippen LogP contribution in [0.3, 0.4) is 0 Å². The third kappa shape index (κ3) is 4.96. The van der Waals surface area contributed by atoms with Crippen molar-refractivity contribution in [2.24, 2.45) is 0 Å². The molecule has 0 spiro atoms. The molecule has 0 atom stereocenters. The van der Waals surface area contributed by atoms with Gasteiger partial charge in [0.15, 0.2) is 0 Å². The van der Waals surface area contributed by atoms with E-state index < -0.39 is 5.97 Å². The van der Waals surface area contributed by atoms with E-state index in [4.69, 9.17) is 4.74 Å². The van der Waals surface area contributed by atoms with Crippen LogP contribution in [0.5, 0.6) is 0 Å². The van der Waals surface area contributed by atoms with E-state index in [1.54, 1.807) is 0 Å². The van der Waals surface area contributed by atoms with Crippen LogP contribution in [0.2, 0.25) is 0 Å². The van der Waals surface area contributed by atoms with E-state index >= 15 is 0 Å². The van der Waals surface area contributed by atoms with Gasteiger partial charge in [-0.15, -0.1) is 0 Å². The van der Waals surface area contributed by atoms with Crippen molar-refractivity contribution in [1.82, 2.24) is 5.32 Å². The highest BCUT2D eigenvalue weighted by Gasteiger charge is 2.16. The van der Waals surface area contributed by atoms with Gasteiger partial charge in [0.1, 0.15) is 6.10 Å². The molecule has 0 heterocycles. The Morgan fingerprint density at radius 3 is 2.56 bits per heavy atom. The standard InChI is InChI=1S/C12H19NO3/c1-2-13-11(14)8-9-12(15)16-10-6-4-3-5-7-10/h8-10H,2-7H2,1H3,(H,13,14). The Kier molecular flexibility index (Phi) is 5.61. The van der Waals surface area contributed by atoms with Crippen molar-refractivity contribution in [3.8, 4) is 0 Å². The van der Waals surface area contributed by atoms with Crippen LogP contribution in [-0.4, -0.2) is 24.5 Å². The first-order valence-corrected chi connectivity index (χ1v) is 5.89. The predicted octanol–water partition coefficient (Wildman–Crippen LogP) is 1.55. The van der Waals surface area contributed by atoms with Gasteiger partial charge in [-0.2, -0.15) is 0 Å². The van der Waals surface area contributed by atoms with Gasteiger partial charge in [-0.25, -0.2) is 4.79 Å². The summed E-state index contributed by atoms with van der Waals surface area (Å²) in [4.78, 5) is 22.4. The summed E-state index contributed by atoms with van der Waals surface area (Å²) in [5.41, 5.74) is 0. The summed E-state index contributed by atoms with van der Waals surface area (Å²) in [6.07, 6.45) is 7.81. The summed E-state index contributed by atoms with van der Waals surface area (Å²) in [7, 11) is 0. The molecule has 0 unspecified atom stereocenters. The molecule has 1 aliphatic carbocycles. The van der Waals surface area contributed by atoms with Crippen molar-refractivity contribution in [3.05, 3.63) is 12.2 Å². The zero-order chi connectivity index (χ0) is 11.8. The van der Waals surface area contributed by atoms with Crippen LogP contribution in [0.15, 0.2) is 12.2 Å². The fourth-order valence-electron chi connectivity index (χ4n) is 1.76. The smallest absolute Gasteiger partial charge is 0.331 e. The van der Waals surface area contributed by atoms with Gasteiger partial charge >= 0.3 is 5.97 Å². The summed E-state index contributed by atoms with van der Waals surface area (Å²) in [5.74, 6) is -0.679. The molecule has 0 aromatic carbocycles. The van der Waals surface area contributed by atoms with E-state index in [0.717, 1.165) is 25.7 Å². The van der Waals surface area contributed by atoms with Crippen molar-refractivity contribution in [1.29, 1.82) is 0 Å². The Labute approximate surface area is 96.0 Å². The molecule has 1 N–H and O–H groups in total. The number of rotatable bonds is 4. The first-order chi connectivity index (χ1) is 7.72. The molecule has 1 saturated carbocycles. The van der Waals surface area contributed by atoms with Crippen LogP contribution in [0.25, 0.3) is 0 Å². The molecule has 16 heavy (non-hydrogen) atoms. The summed E-state index contributed by atoms with van der Waals surface area (Å²) in [6, 6.07) is 0. The monoisotopic (exact) mass is 225 g/mol.